The van der Waals surface area contributed by atoms with Crippen LogP contribution in [0.4, 0.5) is 8.78 Å². The normalized spacial score (nSPS) is 25.9. The van der Waals surface area contributed by atoms with Crippen LogP contribution in [0.15, 0.2) is 0 Å². The Morgan fingerprint density at radius 3 is 2.33 bits per heavy atom. The lowest BCUT2D eigenvalue weighted by atomic mass is 9.90. The van der Waals surface area contributed by atoms with Gasteiger partial charge in [0.1, 0.15) is 0 Å². The molecule has 0 radical (unpaired) electrons. The molecule has 2 fully saturated rings. The van der Waals surface area contributed by atoms with Gasteiger partial charge in [0.05, 0.1) is 25.4 Å². The SMILES string of the molecule is NC(COCC1CCCCC1)COC1CCC(F)(F)CC1. The van der Waals surface area contributed by atoms with Crippen molar-refractivity contribution in [2.45, 2.75) is 75.9 Å². The number of halogens is 2. The molecule has 3 nitrogen and oxygen atoms in total. The molecular formula is C16H29F2NO2. The van der Waals surface area contributed by atoms with Crippen molar-refractivity contribution in [3.05, 3.63) is 0 Å². The summed E-state index contributed by atoms with van der Waals surface area (Å²) in [5.41, 5.74) is 5.96. The highest BCUT2D eigenvalue weighted by Crippen LogP contribution is 2.34. The molecule has 2 aliphatic rings. The molecular weight excluding hydrogens is 276 g/mol. The maximum atomic E-state index is 13.0. The Balaban J connectivity index is 1.50. The topological polar surface area (TPSA) is 44.5 Å². The molecule has 0 saturated heterocycles. The molecule has 21 heavy (non-hydrogen) atoms. The van der Waals surface area contributed by atoms with Gasteiger partial charge < -0.3 is 15.2 Å². The van der Waals surface area contributed by atoms with Crippen molar-refractivity contribution in [1.82, 2.24) is 0 Å². The lowest BCUT2D eigenvalue weighted by Crippen LogP contribution is -2.36. The van der Waals surface area contributed by atoms with Gasteiger partial charge >= 0.3 is 0 Å². The third-order valence-corrected chi connectivity index (χ3v) is 4.62. The molecule has 1 atom stereocenters. The molecule has 2 N–H and O–H groups in total. The Labute approximate surface area is 126 Å². The highest BCUT2D eigenvalue weighted by molar-refractivity contribution is 4.78. The molecule has 0 aromatic heterocycles. The number of nitrogens with two attached hydrogens (primary N) is 1. The van der Waals surface area contributed by atoms with Gasteiger partial charge in [-0.3, -0.25) is 0 Å². The van der Waals surface area contributed by atoms with Crippen molar-refractivity contribution in [3.8, 4) is 0 Å². The first-order valence-corrected chi connectivity index (χ1v) is 8.38. The van der Waals surface area contributed by atoms with E-state index < -0.39 is 5.92 Å². The average Bonchev–Trinajstić information content (AvgIpc) is 2.47. The molecule has 0 aliphatic heterocycles. The van der Waals surface area contributed by atoms with E-state index in [0.29, 0.717) is 32.0 Å². The summed E-state index contributed by atoms with van der Waals surface area (Å²) in [6.45, 7) is 1.70. The van der Waals surface area contributed by atoms with Gasteiger partial charge in [-0.25, -0.2) is 8.78 Å². The fourth-order valence-electron chi connectivity index (χ4n) is 3.23. The molecule has 0 aromatic rings. The van der Waals surface area contributed by atoms with Crippen molar-refractivity contribution in [2.24, 2.45) is 11.7 Å². The molecule has 0 bridgehead atoms. The number of hydrogen-bond donors (Lipinski definition) is 1. The van der Waals surface area contributed by atoms with E-state index in [0.717, 1.165) is 6.61 Å². The highest BCUT2D eigenvalue weighted by Gasteiger charge is 2.35. The number of ether oxygens (including phenoxy) is 2. The second-order valence-electron chi connectivity index (χ2n) is 6.69. The highest BCUT2D eigenvalue weighted by atomic mass is 19.3. The molecule has 0 heterocycles. The van der Waals surface area contributed by atoms with Gasteiger partial charge in [0, 0.05) is 19.4 Å². The number of alkyl halides is 2. The van der Waals surface area contributed by atoms with E-state index in [2.05, 4.69) is 0 Å². The zero-order valence-corrected chi connectivity index (χ0v) is 12.9. The molecule has 2 saturated carbocycles. The van der Waals surface area contributed by atoms with Crippen LogP contribution >= 0.6 is 0 Å². The van der Waals surface area contributed by atoms with Crippen LogP contribution in [0.1, 0.15) is 57.8 Å². The maximum absolute atomic E-state index is 13.0. The molecule has 124 valence electrons. The Hall–Kier alpha value is -0.260. The monoisotopic (exact) mass is 305 g/mol. The Kier molecular flexibility index (Phi) is 6.83. The Bertz CT molecular complexity index is 286. The molecule has 2 rings (SSSR count). The van der Waals surface area contributed by atoms with E-state index in [-0.39, 0.29) is 25.0 Å². The first-order valence-electron chi connectivity index (χ1n) is 8.38. The lowest BCUT2D eigenvalue weighted by molar-refractivity contribution is -0.0842. The number of rotatable bonds is 7. The minimum absolute atomic E-state index is 0.0611. The summed E-state index contributed by atoms with van der Waals surface area (Å²) in [6, 6.07) is -0.156. The smallest absolute Gasteiger partial charge is 0.248 e. The standard InChI is InChI=1S/C16H29F2NO2/c17-16(18)8-6-15(7-9-16)21-12-14(19)11-20-10-13-4-2-1-3-5-13/h13-15H,1-12,19H2. The first kappa shape index (κ1) is 17.1. The zero-order chi connectivity index (χ0) is 15.1. The van der Waals surface area contributed by atoms with Crippen LogP contribution in [0.25, 0.3) is 0 Å². The summed E-state index contributed by atoms with van der Waals surface area (Å²) in [7, 11) is 0. The fraction of sp³-hybridized carbons (Fsp3) is 1.00. The van der Waals surface area contributed by atoms with Crippen LogP contribution in [0.2, 0.25) is 0 Å². The average molecular weight is 305 g/mol. The van der Waals surface area contributed by atoms with E-state index in [1.807, 2.05) is 0 Å². The van der Waals surface area contributed by atoms with Crippen LogP contribution in [-0.4, -0.2) is 37.9 Å². The predicted molar refractivity (Wildman–Crippen MR) is 78.5 cm³/mol. The van der Waals surface area contributed by atoms with Crippen molar-refractivity contribution in [1.29, 1.82) is 0 Å². The van der Waals surface area contributed by atoms with Gasteiger partial charge in [0.2, 0.25) is 5.92 Å². The minimum Gasteiger partial charge on any atom is -0.379 e. The maximum Gasteiger partial charge on any atom is 0.248 e. The Morgan fingerprint density at radius 2 is 1.67 bits per heavy atom. The molecule has 5 heteroatoms. The van der Waals surface area contributed by atoms with E-state index in [1.54, 1.807) is 0 Å². The summed E-state index contributed by atoms with van der Waals surface area (Å²) in [5.74, 6) is -1.81. The van der Waals surface area contributed by atoms with Gasteiger partial charge in [0.25, 0.3) is 0 Å². The molecule has 2 aliphatic carbocycles. The van der Waals surface area contributed by atoms with Crippen molar-refractivity contribution >= 4 is 0 Å². The van der Waals surface area contributed by atoms with E-state index in [1.165, 1.54) is 32.1 Å². The van der Waals surface area contributed by atoms with Gasteiger partial charge in [0.15, 0.2) is 0 Å². The van der Waals surface area contributed by atoms with Crippen LogP contribution in [0, 0.1) is 5.92 Å². The van der Waals surface area contributed by atoms with Gasteiger partial charge in [-0.1, -0.05) is 19.3 Å². The first-order chi connectivity index (χ1) is 10.1. The van der Waals surface area contributed by atoms with Crippen molar-refractivity contribution in [3.63, 3.8) is 0 Å². The zero-order valence-electron chi connectivity index (χ0n) is 12.9. The summed E-state index contributed by atoms with van der Waals surface area (Å²) in [4.78, 5) is 0. The Morgan fingerprint density at radius 1 is 1.00 bits per heavy atom. The van der Waals surface area contributed by atoms with Gasteiger partial charge in [-0.15, -0.1) is 0 Å². The van der Waals surface area contributed by atoms with Crippen LogP contribution in [0.5, 0.6) is 0 Å². The number of hydrogen-bond acceptors (Lipinski definition) is 3. The largest absolute Gasteiger partial charge is 0.379 e. The van der Waals surface area contributed by atoms with E-state index in [4.69, 9.17) is 15.2 Å². The second-order valence-corrected chi connectivity index (χ2v) is 6.69. The van der Waals surface area contributed by atoms with E-state index >= 15 is 0 Å². The van der Waals surface area contributed by atoms with Crippen LogP contribution < -0.4 is 5.73 Å². The summed E-state index contributed by atoms with van der Waals surface area (Å²) < 4.78 is 37.4. The van der Waals surface area contributed by atoms with Gasteiger partial charge in [-0.2, -0.15) is 0 Å². The fourth-order valence-corrected chi connectivity index (χ4v) is 3.23. The minimum atomic E-state index is -2.49. The lowest BCUT2D eigenvalue weighted by Gasteiger charge is -2.29. The summed E-state index contributed by atoms with van der Waals surface area (Å²) in [6.07, 6.45) is 7.19. The van der Waals surface area contributed by atoms with Crippen molar-refractivity contribution < 1.29 is 18.3 Å². The predicted octanol–water partition coefficient (Wildman–Crippen LogP) is 3.51. The van der Waals surface area contributed by atoms with Crippen molar-refractivity contribution in [2.75, 3.05) is 19.8 Å². The molecule has 0 spiro atoms. The second kappa shape index (κ2) is 8.39. The molecule has 0 aromatic carbocycles. The van der Waals surface area contributed by atoms with E-state index in [9.17, 15) is 8.78 Å². The summed E-state index contributed by atoms with van der Waals surface area (Å²) in [5, 5.41) is 0. The third kappa shape index (κ3) is 6.57. The van der Waals surface area contributed by atoms with Crippen LogP contribution in [0.3, 0.4) is 0 Å². The summed E-state index contributed by atoms with van der Waals surface area (Å²) >= 11 is 0. The molecule has 0 amide bonds. The third-order valence-electron chi connectivity index (χ3n) is 4.62. The van der Waals surface area contributed by atoms with Crippen LogP contribution in [-0.2, 0) is 9.47 Å². The van der Waals surface area contributed by atoms with Gasteiger partial charge in [-0.05, 0) is 31.6 Å². The quantitative estimate of drug-likeness (QED) is 0.783. The molecule has 1 unspecified atom stereocenters.